The molecular formula is C11H21N. The molecule has 0 fully saturated rings. The summed E-state index contributed by atoms with van der Waals surface area (Å²) in [6, 6.07) is 0. The summed E-state index contributed by atoms with van der Waals surface area (Å²) in [6.07, 6.45) is 4.18. The SMILES string of the molecule is C/C=C(\C)C/N=C/C(C)C(C)C. The van der Waals surface area contributed by atoms with Gasteiger partial charge >= 0.3 is 0 Å². The Kier molecular flexibility index (Phi) is 5.69. The molecule has 0 aliphatic rings. The second-order valence-corrected chi connectivity index (χ2v) is 3.73. The van der Waals surface area contributed by atoms with E-state index in [0.717, 1.165) is 6.54 Å². The van der Waals surface area contributed by atoms with Gasteiger partial charge in [0.25, 0.3) is 0 Å². The van der Waals surface area contributed by atoms with Gasteiger partial charge in [0.1, 0.15) is 0 Å². The molecule has 0 N–H and O–H groups in total. The fourth-order valence-corrected chi connectivity index (χ4v) is 0.626. The van der Waals surface area contributed by atoms with Gasteiger partial charge in [-0.25, -0.2) is 0 Å². The molecule has 0 spiro atoms. The molecule has 0 radical (unpaired) electrons. The molecule has 0 heterocycles. The van der Waals surface area contributed by atoms with Crippen LogP contribution in [0.15, 0.2) is 16.6 Å². The lowest BCUT2D eigenvalue weighted by atomic mass is 10.00. The molecule has 0 aliphatic heterocycles. The summed E-state index contributed by atoms with van der Waals surface area (Å²) in [4.78, 5) is 4.37. The number of aliphatic imine (C=N–C) groups is 1. The molecular weight excluding hydrogens is 146 g/mol. The molecule has 0 aromatic carbocycles. The van der Waals surface area contributed by atoms with Crippen LogP contribution in [-0.4, -0.2) is 12.8 Å². The molecule has 0 saturated carbocycles. The lowest BCUT2D eigenvalue weighted by Gasteiger charge is -2.08. The molecule has 0 rings (SSSR count). The summed E-state index contributed by atoms with van der Waals surface area (Å²) in [5.74, 6) is 1.29. The second-order valence-electron chi connectivity index (χ2n) is 3.73. The maximum atomic E-state index is 4.37. The fourth-order valence-electron chi connectivity index (χ4n) is 0.626. The first-order valence-corrected chi connectivity index (χ1v) is 4.69. The van der Waals surface area contributed by atoms with Gasteiger partial charge in [0.15, 0.2) is 0 Å². The van der Waals surface area contributed by atoms with Crippen molar-refractivity contribution >= 4 is 6.21 Å². The standard InChI is InChI=1S/C11H21N/c1-6-10(4)7-12-8-11(5)9(2)3/h6,8-9,11H,7H2,1-5H3/b10-6+,12-8+. The van der Waals surface area contributed by atoms with Gasteiger partial charge in [-0.1, -0.05) is 32.4 Å². The lowest BCUT2D eigenvalue weighted by molar-refractivity contribution is 0.540. The highest BCUT2D eigenvalue weighted by Gasteiger charge is 2.01. The predicted octanol–water partition coefficient (Wildman–Crippen LogP) is 3.32. The Labute approximate surface area is 76.6 Å². The molecule has 1 unspecified atom stereocenters. The Balaban J connectivity index is 3.76. The van der Waals surface area contributed by atoms with Crippen LogP contribution in [0.25, 0.3) is 0 Å². The summed E-state index contributed by atoms with van der Waals surface area (Å²) < 4.78 is 0. The maximum Gasteiger partial charge on any atom is 0.0593 e. The van der Waals surface area contributed by atoms with E-state index >= 15 is 0 Å². The smallest absolute Gasteiger partial charge is 0.0593 e. The molecule has 0 bridgehead atoms. The van der Waals surface area contributed by atoms with Gasteiger partial charge in [0.05, 0.1) is 6.54 Å². The number of hydrogen-bond donors (Lipinski definition) is 0. The molecule has 1 heteroatoms. The van der Waals surface area contributed by atoms with Crippen LogP contribution < -0.4 is 0 Å². The highest BCUT2D eigenvalue weighted by Crippen LogP contribution is 2.06. The molecule has 0 saturated heterocycles. The summed E-state index contributed by atoms with van der Waals surface area (Å²) in [7, 11) is 0. The Morgan fingerprint density at radius 2 is 1.92 bits per heavy atom. The molecule has 0 aromatic rings. The zero-order valence-corrected chi connectivity index (χ0v) is 8.96. The van der Waals surface area contributed by atoms with Crippen molar-refractivity contribution in [1.82, 2.24) is 0 Å². The average molecular weight is 167 g/mol. The molecule has 0 aromatic heterocycles. The number of rotatable bonds is 4. The van der Waals surface area contributed by atoms with Crippen molar-refractivity contribution in [3.8, 4) is 0 Å². The normalized spacial score (nSPS) is 16.0. The van der Waals surface area contributed by atoms with Crippen LogP contribution in [0.1, 0.15) is 34.6 Å². The molecule has 0 amide bonds. The lowest BCUT2D eigenvalue weighted by Crippen LogP contribution is -2.05. The van der Waals surface area contributed by atoms with E-state index in [9.17, 15) is 0 Å². The van der Waals surface area contributed by atoms with Gasteiger partial charge in [-0.05, 0) is 25.7 Å². The molecule has 12 heavy (non-hydrogen) atoms. The molecule has 0 aliphatic carbocycles. The number of nitrogens with zero attached hydrogens (tertiary/aromatic N) is 1. The van der Waals surface area contributed by atoms with Crippen molar-refractivity contribution in [2.45, 2.75) is 34.6 Å². The van der Waals surface area contributed by atoms with Crippen LogP contribution in [-0.2, 0) is 0 Å². The van der Waals surface area contributed by atoms with Gasteiger partial charge < -0.3 is 0 Å². The van der Waals surface area contributed by atoms with E-state index < -0.39 is 0 Å². The van der Waals surface area contributed by atoms with Crippen LogP contribution in [0.2, 0.25) is 0 Å². The summed E-state index contributed by atoms with van der Waals surface area (Å²) in [6.45, 7) is 11.7. The van der Waals surface area contributed by atoms with Crippen molar-refractivity contribution in [1.29, 1.82) is 0 Å². The third kappa shape index (κ3) is 5.11. The first kappa shape index (κ1) is 11.4. The first-order chi connectivity index (χ1) is 5.57. The summed E-state index contributed by atoms with van der Waals surface area (Å²) in [5.41, 5.74) is 1.34. The van der Waals surface area contributed by atoms with Crippen molar-refractivity contribution in [3.05, 3.63) is 11.6 Å². The average Bonchev–Trinajstić information content (AvgIpc) is 2.03. The Morgan fingerprint density at radius 1 is 1.33 bits per heavy atom. The highest BCUT2D eigenvalue weighted by molar-refractivity contribution is 5.60. The molecule has 1 nitrogen and oxygen atoms in total. The monoisotopic (exact) mass is 167 g/mol. The van der Waals surface area contributed by atoms with Crippen molar-refractivity contribution in [3.63, 3.8) is 0 Å². The van der Waals surface area contributed by atoms with Crippen LogP contribution in [0, 0.1) is 11.8 Å². The highest BCUT2D eigenvalue weighted by atomic mass is 14.7. The van der Waals surface area contributed by atoms with Crippen molar-refractivity contribution < 1.29 is 0 Å². The van der Waals surface area contributed by atoms with Crippen LogP contribution in [0.3, 0.4) is 0 Å². The first-order valence-electron chi connectivity index (χ1n) is 4.69. The minimum absolute atomic E-state index is 0.592. The Bertz CT molecular complexity index is 166. The van der Waals surface area contributed by atoms with E-state index in [2.05, 4.69) is 51.9 Å². The van der Waals surface area contributed by atoms with Crippen molar-refractivity contribution in [2.75, 3.05) is 6.54 Å². The van der Waals surface area contributed by atoms with Crippen LogP contribution in [0.5, 0.6) is 0 Å². The van der Waals surface area contributed by atoms with E-state index in [0.29, 0.717) is 11.8 Å². The van der Waals surface area contributed by atoms with Crippen LogP contribution >= 0.6 is 0 Å². The zero-order chi connectivity index (χ0) is 9.56. The minimum atomic E-state index is 0.592. The Morgan fingerprint density at radius 3 is 2.33 bits per heavy atom. The molecule has 1 atom stereocenters. The van der Waals surface area contributed by atoms with Gasteiger partial charge in [0, 0.05) is 6.21 Å². The number of allylic oxidation sites excluding steroid dienone is 1. The predicted molar refractivity (Wildman–Crippen MR) is 56.8 cm³/mol. The second kappa shape index (κ2) is 5.99. The van der Waals surface area contributed by atoms with Crippen molar-refractivity contribution in [2.24, 2.45) is 16.8 Å². The van der Waals surface area contributed by atoms with Crippen LogP contribution in [0.4, 0.5) is 0 Å². The third-order valence-corrected chi connectivity index (χ3v) is 2.23. The van der Waals surface area contributed by atoms with E-state index in [4.69, 9.17) is 0 Å². The quantitative estimate of drug-likeness (QED) is 0.450. The zero-order valence-electron chi connectivity index (χ0n) is 8.96. The summed E-state index contributed by atoms with van der Waals surface area (Å²) in [5, 5.41) is 0. The van der Waals surface area contributed by atoms with Gasteiger partial charge in [-0.2, -0.15) is 0 Å². The topological polar surface area (TPSA) is 12.4 Å². The van der Waals surface area contributed by atoms with Gasteiger partial charge in [-0.3, -0.25) is 4.99 Å². The third-order valence-electron chi connectivity index (χ3n) is 2.23. The van der Waals surface area contributed by atoms with E-state index in [1.807, 2.05) is 0 Å². The largest absolute Gasteiger partial charge is 0.293 e. The van der Waals surface area contributed by atoms with Gasteiger partial charge in [0.2, 0.25) is 0 Å². The maximum absolute atomic E-state index is 4.37. The Hall–Kier alpha value is -0.590. The fraction of sp³-hybridized carbons (Fsp3) is 0.727. The van der Waals surface area contributed by atoms with E-state index in [-0.39, 0.29) is 0 Å². The van der Waals surface area contributed by atoms with Gasteiger partial charge in [-0.15, -0.1) is 0 Å². The summed E-state index contributed by atoms with van der Waals surface area (Å²) >= 11 is 0. The minimum Gasteiger partial charge on any atom is -0.293 e. The number of hydrogen-bond acceptors (Lipinski definition) is 1. The molecule has 70 valence electrons. The van der Waals surface area contributed by atoms with E-state index in [1.54, 1.807) is 0 Å². The van der Waals surface area contributed by atoms with E-state index in [1.165, 1.54) is 5.57 Å².